The summed E-state index contributed by atoms with van der Waals surface area (Å²) in [5, 5.41) is 29.3. The van der Waals surface area contributed by atoms with Gasteiger partial charge in [0.1, 0.15) is 11.5 Å². The van der Waals surface area contributed by atoms with Crippen LogP contribution in [0, 0.1) is 0 Å². The minimum absolute atomic E-state index is 0.0437. The Kier molecular flexibility index (Phi) is 3.31. The number of benzene rings is 1. The largest absolute Gasteiger partial charge is 0.508 e. The normalized spacial score (nSPS) is 14.5. The van der Waals surface area contributed by atoms with Gasteiger partial charge >= 0.3 is 0 Å². The van der Waals surface area contributed by atoms with Gasteiger partial charge in [0.15, 0.2) is 5.69 Å². The van der Waals surface area contributed by atoms with Crippen LogP contribution in [0.4, 0.5) is 0 Å². The number of rotatable bonds is 4. The predicted octanol–water partition coefficient (Wildman–Crippen LogP) is 1.46. The van der Waals surface area contributed by atoms with Crippen LogP contribution in [0.15, 0.2) is 29.4 Å². The van der Waals surface area contributed by atoms with Gasteiger partial charge in [-0.15, -0.1) is 0 Å². The average Bonchev–Trinajstić information content (AvgIpc) is 3.18. The van der Waals surface area contributed by atoms with Crippen LogP contribution in [0.1, 0.15) is 40.5 Å². The van der Waals surface area contributed by atoms with Crippen LogP contribution in [-0.4, -0.2) is 32.5 Å². The molecule has 0 radical (unpaired) electrons. The highest BCUT2D eigenvalue weighted by Gasteiger charge is 2.26. The lowest BCUT2D eigenvalue weighted by molar-refractivity contribution is 0.0950. The fourth-order valence-electron chi connectivity index (χ4n) is 1.92. The Bertz CT molecular complexity index is 704. The zero-order valence-electron chi connectivity index (χ0n) is 11.1. The molecule has 1 aromatic heterocycles. The van der Waals surface area contributed by atoms with Gasteiger partial charge in [-0.3, -0.25) is 9.89 Å². The second-order valence-electron chi connectivity index (χ2n) is 4.93. The molecule has 0 bridgehead atoms. The van der Waals surface area contributed by atoms with Crippen molar-refractivity contribution in [3.05, 3.63) is 41.2 Å². The predicted molar refractivity (Wildman–Crippen MR) is 75.4 cm³/mol. The Hall–Kier alpha value is -2.83. The molecule has 0 unspecified atom stereocenters. The van der Waals surface area contributed by atoms with E-state index < -0.39 is 5.91 Å². The number of H-pyrrole nitrogens is 1. The zero-order valence-corrected chi connectivity index (χ0v) is 11.1. The van der Waals surface area contributed by atoms with Gasteiger partial charge in [0.2, 0.25) is 0 Å². The lowest BCUT2D eigenvalue weighted by Gasteiger charge is -1.99. The molecule has 1 aliphatic carbocycles. The molecule has 108 valence electrons. The van der Waals surface area contributed by atoms with E-state index >= 15 is 0 Å². The molecule has 1 aliphatic rings. The molecule has 7 heteroatoms. The third kappa shape index (κ3) is 3.02. The van der Waals surface area contributed by atoms with Crippen LogP contribution in [0.2, 0.25) is 0 Å². The third-order valence-electron chi connectivity index (χ3n) is 3.23. The van der Waals surface area contributed by atoms with Gasteiger partial charge < -0.3 is 10.2 Å². The Morgan fingerprint density at radius 3 is 2.90 bits per heavy atom. The molecular formula is C14H14N4O3. The van der Waals surface area contributed by atoms with E-state index in [2.05, 4.69) is 20.7 Å². The van der Waals surface area contributed by atoms with Crippen molar-refractivity contribution in [3.8, 4) is 11.5 Å². The number of carbonyl (C=O) groups is 1. The summed E-state index contributed by atoms with van der Waals surface area (Å²) in [6.45, 7) is 0. The van der Waals surface area contributed by atoms with Crippen LogP contribution < -0.4 is 5.43 Å². The summed E-state index contributed by atoms with van der Waals surface area (Å²) >= 11 is 0. The number of phenols is 2. The van der Waals surface area contributed by atoms with Crippen LogP contribution in [0.5, 0.6) is 11.5 Å². The maximum atomic E-state index is 11.8. The summed E-state index contributed by atoms with van der Waals surface area (Å²) in [6.07, 6.45) is 3.55. The number of aromatic hydroxyl groups is 2. The summed E-state index contributed by atoms with van der Waals surface area (Å²) < 4.78 is 0. The number of nitrogens with zero attached hydrogens (tertiary/aromatic N) is 2. The monoisotopic (exact) mass is 286 g/mol. The molecule has 0 saturated heterocycles. The maximum absolute atomic E-state index is 11.8. The van der Waals surface area contributed by atoms with Crippen LogP contribution >= 0.6 is 0 Å². The van der Waals surface area contributed by atoms with E-state index in [0.29, 0.717) is 11.5 Å². The van der Waals surface area contributed by atoms with Crippen molar-refractivity contribution < 1.29 is 15.0 Å². The number of hydrogen-bond donors (Lipinski definition) is 4. The first-order chi connectivity index (χ1) is 10.1. The van der Waals surface area contributed by atoms with Crippen LogP contribution in [0.25, 0.3) is 0 Å². The van der Waals surface area contributed by atoms with Gasteiger partial charge in [0, 0.05) is 23.2 Å². The molecule has 0 atom stereocenters. The van der Waals surface area contributed by atoms with E-state index in [9.17, 15) is 9.90 Å². The number of aromatic amines is 1. The minimum atomic E-state index is -0.423. The summed E-state index contributed by atoms with van der Waals surface area (Å²) in [5.41, 5.74) is 3.97. The highest BCUT2D eigenvalue weighted by molar-refractivity contribution is 5.93. The van der Waals surface area contributed by atoms with Gasteiger partial charge in [-0.25, -0.2) is 5.43 Å². The Balaban J connectivity index is 1.62. The molecule has 0 aliphatic heterocycles. The van der Waals surface area contributed by atoms with Crippen molar-refractivity contribution in [1.29, 1.82) is 0 Å². The lowest BCUT2D eigenvalue weighted by atomic mass is 10.2. The summed E-state index contributed by atoms with van der Waals surface area (Å²) in [6, 6.07) is 5.82. The number of hydrazone groups is 1. The topological polar surface area (TPSA) is 111 Å². The smallest absolute Gasteiger partial charge is 0.291 e. The Morgan fingerprint density at radius 2 is 2.19 bits per heavy atom. The van der Waals surface area contributed by atoms with E-state index in [0.717, 1.165) is 18.5 Å². The SMILES string of the molecule is O=C(N/N=C/c1ccc(O)cc1O)c1cc(C2CC2)[nH]n1. The van der Waals surface area contributed by atoms with E-state index in [4.69, 9.17) is 5.11 Å². The van der Waals surface area contributed by atoms with E-state index in [1.807, 2.05) is 0 Å². The van der Waals surface area contributed by atoms with Crippen molar-refractivity contribution in [2.75, 3.05) is 0 Å². The standard InChI is InChI=1S/C14H14N4O3/c19-10-4-3-9(13(20)5-10)7-15-18-14(21)12-6-11(16-17-12)8-1-2-8/h3-8,19-20H,1-2H2,(H,16,17)(H,18,21)/b15-7+. The molecule has 1 aromatic carbocycles. The molecule has 2 aromatic rings. The van der Waals surface area contributed by atoms with Crippen LogP contribution in [-0.2, 0) is 0 Å². The van der Waals surface area contributed by atoms with Crippen molar-refractivity contribution in [1.82, 2.24) is 15.6 Å². The molecule has 1 saturated carbocycles. The second-order valence-corrected chi connectivity index (χ2v) is 4.93. The first kappa shape index (κ1) is 13.2. The van der Waals surface area contributed by atoms with E-state index in [-0.39, 0.29) is 17.2 Å². The van der Waals surface area contributed by atoms with Crippen molar-refractivity contribution in [2.24, 2.45) is 5.10 Å². The molecule has 1 heterocycles. The first-order valence-corrected chi connectivity index (χ1v) is 6.54. The number of hydrogen-bond acceptors (Lipinski definition) is 5. The van der Waals surface area contributed by atoms with Gasteiger partial charge in [-0.1, -0.05) is 0 Å². The van der Waals surface area contributed by atoms with E-state index in [1.54, 1.807) is 6.07 Å². The van der Waals surface area contributed by atoms with Gasteiger partial charge in [0.05, 0.1) is 6.21 Å². The molecule has 3 rings (SSSR count). The van der Waals surface area contributed by atoms with E-state index in [1.165, 1.54) is 24.4 Å². The first-order valence-electron chi connectivity index (χ1n) is 6.54. The fraction of sp³-hybridized carbons (Fsp3) is 0.214. The summed E-state index contributed by atoms with van der Waals surface area (Å²) in [5.74, 6) is -0.0919. The Morgan fingerprint density at radius 1 is 1.38 bits per heavy atom. The minimum Gasteiger partial charge on any atom is -0.508 e. The third-order valence-corrected chi connectivity index (χ3v) is 3.23. The summed E-state index contributed by atoms with van der Waals surface area (Å²) in [7, 11) is 0. The number of nitrogens with one attached hydrogen (secondary N) is 2. The molecule has 1 fully saturated rings. The zero-order chi connectivity index (χ0) is 14.8. The fourth-order valence-corrected chi connectivity index (χ4v) is 1.92. The van der Waals surface area contributed by atoms with Crippen molar-refractivity contribution in [3.63, 3.8) is 0 Å². The molecule has 1 amide bonds. The van der Waals surface area contributed by atoms with Crippen LogP contribution in [0.3, 0.4) is 0 Å². The van der Waals surface area contributed by atoms with Crippen molar-refractivity contribution in [2.45, 2.75) is 18.8 Å². The number of aromatic nitrogens is 2. The number of carbonyl (C=O) groups excluding carboxylic acids is 1. The van der Waals surface area contributed by atoms with Gasteiger partial charge in [0.25, 0.3) is 5.91 Å². The lowest BCUT2D eigenvalue weighted by Crippen LogP contribution is -2.18. The quantitative estimate of drug-likeness (QED) is 0.503. The highest BCUT2D eigenvalue weighted by atomic mass is 16.3. The summed E-state index contributed by atoms with van der Waals surface area (Å²) in [4.78, 5) is 11.8. The highest BCUT2D eigenvalue weighted by Crippen LogP contribution is 2.38. The second kappa shape index (κ2) is 5.28. The molecule has 21 heavy (non-hydrogen) atoms. The Labute approximate surface area is 120 Å². The number of phenolic OH excluding ortho intramolecular Hbond substituents is 2. The molecular weight excluding hydrogens is 272 g/mol. The maximum Gasteiger partial charge on any atom is 0.291 e. The molecule has 4 N–H and O–H groups in total. The van der Waals surface area contributed by atoms with Gasteiger partial charge in [-0.2, -0.15) is 10.2 Å². The molecule has 7 nitrogen and oxygen atoms in total. The average molecular weight is 286 g/mol. The number of amides is 1. The molecule has 0 spiro atoms. The van der Waals surface area contributed by atoms with Crippen molar-refractivity contribution >= 4 is 12.1 Å². The van der Waals surface area contributed by atoms with Gasteiger partial charge in [-0.05, 0) is 31.0 Å².